The zero-order valence-corrected chi connectivity index (χ0v) is 18.4. The number of aliphatic hydroxyl groups is 2. The van der Waals surface area contributed by atoms with Crippen molar-refractivity contribution in [3.63, 3.8) is 0 Å². The van der Waals surface area contributed by atoms with E-state index in [1.54, 1.807) is 24.3 Å². The van der Waals surface area contributed by atoms with Crippen LogP contribution in [-0.4, -0.2) is 48.8 Å². The minimum atomic E-state index is -0.611. The molecule has 2 N–H and O–H groups in total. The Morgan fingerprint density at radius 3 is 1.25 bits per heavy atom. The summed E-state index contributed by atoms with van der Waals surface area (Å²) >= 11 is 0. The highest BCUT2D eigenvalue weighted by Gasteiger charge is 2.11. The second kappa shape index (κ2) is 13.9. The van der Waals surface area contributed by atoms with Crippen LogP contribution in [0.1, 0.15) is 13.8 Å². The second-order valence-electron chi connectivity index (χ2n) is 6.17. The van der Waals surface area contributed by atoms with Crippen molar-refractivity contribution in [3.8, 4) is 0 Å². The lowest BCUT2D eigenvalue weighted by Crippen LogP contribution is -2.08. The fourth-order valence-corrected chi connectivity index (χ4v) is 2.11. The Balaban J connectivity index is 0.000000320. The number of carbonyl (C=O) groups excluding carboxylic acids is 2. The molecule has 8 nitrogen and oxygen atoms in total. The van der Waals surface area contributed by atoms with Gasteiger partial charge in [0.05, 0.1) is 25.6 Å². The van der Waals surface area contributed by atoms with E-state index >= 15 is 0 Å². The van der Waals surface area contributed by atoms with Gasteiger partial charge < -0.3 is 19.7 Å². The first kappa shape index (κ1) is 25.8. The zero-order chi connectivity index (χ0) is 23.9. The Labute approximate surface area is 186 Å². The Hall–Kier alpha value is -4.20. The van der Waals surface area contributed by atoms with Crippen LogP contribution in [0.2, 0.25) is 0 Å². The summed E-state index contributed by atoms with van der Waals surface area (Å²) in [6.45, 7) is 2.81. The molecule has 0 bridgehead atoms. The van der Waals surface area contributed by atoms with Gasteiger partial charge in [-0.25, -0.2) is 9.59 Å². The summed E-state index contributed by atoms with van der Waals surface area (Å²) in [4.78, 5) is 30.6. The van der Waals surface area contributed by atoms with Crippen LogP contribution in [-0.2, 0) is 19.1 Å². The molecule has 32 heavy (non-hydrogen) atoms. The van der Waals surface area contributed by atoms with E-state index < -0.39 is 11.9 Å². The topological polar surface area (TPSA) is 118 Å². The first-order valence-electron chi connectivity index (χ1n) is 9.44. The molecule has 0 aromatic heterocycles. The molecular formula is C24H26N2O6. The molecule has 0 aliphatic heterocycles. The van der Waals surface area contributed by atoms with E-state index in [1.165, 1.54) is 40.5 Å². The van der Waals surface area contributed by atoms with Crippen molar-refractivity contribution >= 4 is 35.7 Å². The molecule has 0 fully saturated rings. The van der Waals surface area contributed by atoms with Crippen LogP contribution < -0.4 is 0 Å². The van der Waals surface area contributed by atoms with Gasteiger partial charge in [0.15, 0.2) is 0 Å². The van der Waals surface area contributed by atoms with E-state index in [0.29, 0.717) is 11.4 Å². The number of aliphatic imine (C=N–C) groups is 2. The molecular weight excluding hydrogens is 412 g/mol. The third kappa shape index (κ3) is 9.08. The molecule has 0 radical (unpaired) electrons. The van der Waals surface area contributed by atoms with Gasteiger partial charge >= 0.3 is 11.9 Å². The Kier molecular flexibility index (Phi) is 11.2. The molecule has 2 aromatic carbocycles. The highest BCUT2D eigenvalue weighted by atomic mass is 16.5. The Bertz CT molecular complexity index is 918. The Morgan fingerprint density at radius 1 is 0.688 bits per heavy atom. The number of nitrogens with zero attached hydrogens (tertiary/aromatic N) is 2. The van der Waals surface area contributed by atoms with Crippen molar-refractivity contribution in [2.75, 3.05) is 14.2 Å². The summed E-state index contributed by atoms with van der Waals surface area (Å²) in [6.07, 6.45) is 2.58. The minimum absolute atomic E-state index is 0.0475. The quantitative estimate of drug-likeness (QED) is 0.290. The molecule has 8 heteroatoms. The molecule has 0 aliphatic carbocycles. The molecule has 0 unspecified atom stereocenters. The summed E-state index contributed by atoms with van der Waals surface area (Å²) in [6, 6.07) is 18.2. The van der Waals surface area contributed by atoms with Crippen molar-refractivity contribution in [2.45, 2.75) is 13.8 Å². The first-order chi connectivity index (χ1) is 15.3. The van der Waals surface area contributed by atoms with Crippen molar-refractivity contribution < 1.29 is 29.3 Å². The largest absolute Gasteiger partial charge is 0.512 e. The van der Waals surface area contributed by atoms with Gasteiger partial charge in [0.25, 0.3) is 0 Å². The van der Waals surface area contributed by atoms with E-state index in [0.717, 1.165) is 0 Å². The number of allylic oxidation sites excluding steroid dienone is 2. The lowest BCUT2D eigenvalue weighted by molar-refractivity contribution is -0.136. The number of methoxy groups -OCH3 is 2. The van der Waals surface area contributed by atoms with E-state index in [9.17, 15) is 19.8 Å². The lowest BCUT2D eigenvalue weighted by Gasteiger charge is -2.00. The molecule has 2 rings (SSSR count). The normalized spacial score (nSPS) is 12.4. The fraction of sp³-hybridized carbons (Fsp3) is 0.167. The zero-order valence-electron chi connectivity index (χ0n) is 18.4. The van der Waals surface area contributed by atoms with Crippen molar-refractivity contribution in [3.05, 3.63) is 83.3 Å². The predicted molar refractivity (Wildman–Crippen MR) is 124 cm³/mol. The van der Waals surface area contributed by atoms with Crippen LogP contribution in [0.25, 0.3) is 0 Å². The fourth-order valence-electron chi connectivity index (χ4n) is 2.11. The molecule has 0 heterocycles. The van der Waals surface area contributed by atoms with Crippen molar-refractivity contribution in [2.24, 2.45) is 9.98 Å². The minimum Gasteiger partial charge on any atom is -0.512 e. The number of carbonyl (C=O) groups is 2. The molecule has 0 atom stereocenters. The van der Waals surface area contributed by atoms with E-state index in [-0.39, 0.29) is 22.7 Å². The number of para-hydroxylation sites is 2. The smallest absolute Gasteiger partial charge is 0.342 e. The van der Waals surface area contributed by atoms with Crippen LogP contribution in [0.4, 0.5) is 11.4 Å². The molecule has 0 aliphatic rings. The maximum atomic E-state index is 11.2. The van der Waals surface area contributed by atoms with Gasteiger partial charge in [0, 0.05) is 12.4 Å². The second-order valence-corrected chi connectivity index (χ2v) is 6.17. The number of hydrogen-bond acceptors (Lipinski definition) is 8. The summed E-state index contributed by atoms with van der Waals surface area (Å²) < 4.78 is 9.03. The Morgan fingerprint density at radius 2 is 1.00 bits per heavy atom. The van der Waals surface area contributed by atoms with Crippen LogP contribution in [0.5, 0.6) is 0 Å². The number of hydrogen-bond donors (Lipinski definition) is 2. The average Bonchev–Trinajstić information content (AvgIpc) is 2.80. The lowest BCUT2D eigenvalue weighted by atomic mass is 10.2. The van der Waals surface area contributed by atoms with Crippen LogP contribution in [0.3, 0.4) is 0 Å². The molecule has 0 amide bonds. The highest BCUT2D eigenvalue weighted by molar-refractivity contribution is 6.10. The maximum Gasteiger partial charge on any atom is 0.342 e. The maximum absolute atomic E-state index is 11.2. The predicted octanol–water partition coefficient (Wildman–Crippen LogP) is 4.79. The van der Waals surface area contributed by atoms with E-state index in [1.807, 2.05) is 36.4 Å². The number of benzene rings is 2. The standard InChI is InChI=1S/2C12H13NO3/c2*1-9(14)11(12(15)16-2)8-13-10-6-4-3-5-7-10/h2*3-8,14H,1-2H3/b2*11-9-,13-8?. The van der Waals surface area contributed by atoms with Crippen molar-refractivity contribution in [1.82, 2.24) is 0 Å². The highest BCUT2D eigenvalue weighted by Crippen LogP contribution is 2.12. The molecule has 168 valence electrons. The molecule has 2 aromatic rings. The number of ether oxygens (including phenoxy) is 2. The van der Waals surface area contributed by atoms with Crippen LogP contribution in [0.15, 0.2) is 93.3 Å². The van der Waals surface area contributed by atoms with E-state index in [4.69, 9.17) is 0 Å². The van der Waals surface area contributed by atoms with Gasteiger partial charge in [-0.1, -0.05) is 36.4 Å². The summed E-state index contributed by atoms with van der Waals surface area (Å²) in [5.41, 5.74) is 1.49. The van der Waals surface area contributed by atoms with Gasteiger partial charge in [-0.2, -0.15) is 0 Å². The van der Waals surface area contributed by atoms with Gasteiger partial charge in [-0.15, -0.1) is 0 Å². The molecule has 0 saturated heterocycles. The van der Waals surface area contributed by atoms with Crippen LogP contribution in [0, 0.1) is 0 Å². The van der Waals surface area contributed by atoms with Crippen molar-refractivity contribution in [1.29, 1.82) is 0 Å². The van der Waals surface area contributed by atoms with Crippen LogP contribution >= 0.6 is 0 Å². The van der Waals surface area contributed by atoms with Gasteiger partial charge in [0.2, 0.25) is 0 Å². The van der Waals surface area contributed by atoms with Gasteiger partial charge in [-0.05, 0) is 38.1 Å². The summed E-state index contributed by atoms with van der Waals surface area (Å²) in [5.74, 6) is -1.46. The average molecular weight is 438 g/mol. The van der Waals surface area contributed by atoms with Gasteiger partial charge in [0.1, 0.15) is 22.7 Å². The molecule has 0 saturated carbocycles. The van der Waals surface area contributed by atoms with Gasteiger partial charge in [-0.3, -0.25) is 9.98 Å². The molecule has 0 spiro atoms. The third-order valence-electron chi connectivity index (χ3n) is 3.79. The monoisotopic (exact) mass is 438 g/mol. The number of rotatable bonds is 6. The first-order valence-corrected chi connectivity index (χ1v) is 9.44. The third-order valence-corrected chi connectivity index (χ3v) is 3.79. The summed E-state index contributed by atoms with van der Waals surface area (Å²) in [7, 11) is 2.50. The summed E-state index contributed by atoms with van der Waals surface area (Å²) in [5, 5.41) is 18.6. The SMILES string of the molecule is COC(=O)/C(C=Nc1ccccc1)=C(/C)O.COC(=O)/C(C=Nc1ccccc1)=C(/C)O. The van der Waals surface area contributed by atoms with E-state index in [2.05, 4.69) is 19.5 Å². The number of aliphatic hydroxyl groups excluding tert-OH is 2. The number of esters is 2.